The first-order valence-corrected chi connectivity index (χ1v) is 18.6. The number of nitrogens with zero attached hydrogens (tertiary/aromatic N) is 4. The van der Waals surface area contributed by atoms with Crippen molar-refractivity contribution in [3.05, 3.63) is 176 Å². The molecule has 0 spiro atoms. The lowest BCUT2D eigenvalue weighted by molar-refractivity contribution is -0.385. The molecule has 0 radical (unpaired) electrons. The summed E-state index contributed by atoms with van der Waals surface area (Å²) in [7, 11) is 4.66. The molecule has 310 valence electrons. The van der Waals surface area contributed by atoms with Gasteiger partial charge in [-0.15, -0.1) is 0 Å². The van der Waals surface area contributed by atoms with Gasteiger partial charge in [0.25, 0.3) is 11.4 Å². The third-order valence-corrected chi connectivity index (χ3v) is 10.1. The Bertz CT molecular complexity index is 2690. The van der Waals surface area contributed by atoms with E-state index < -0.39 is 33.7 Å². The lowest BCUT2D eigenvalue weighted by Crippen LogP contribution is -2.11. The van der Waals surface area contributed by atoms with Crippen molar-refractivity contribution in [1.29, 1.82) is 0 Å². The molecule has 0 saturated carbocycles. The predicted octanol–water partition coefficient (Wildman–Crippen LogP) is 8.90. The lowest BCUT2D eigenvalue weighted by atomic mass is 10.0. The Hall–Kier alpha value is -8.66. The van der Waals surface area contributed by atoms with E-state index in [0.717, 1.165) is 14.2 Å². The molecule has 2 heterocycles. The fourth-order valence-electron chi connectivity index (χ4n) is 7.38. The number of carbonyl (C=O) groups excluding carboxylic acids is 4. The summed E-state index contributed by atoms with van der Waals surface area (Å²) in [6.07, 6.45) is 0. The van der Waals surface area contributed by atoms with E-state index in [1.807, 2.05) is 0 Å². The molecule has 62 heavy (non-hydrogen) atoms. The summed E-state index contributed by atoms with van der Waals surface area (Å²) in [6, 6.07) is 35.0. The molecule has 16 nitrogen and oxygen atoms in total. The van der Waals surface area contributed by atoms with Crippen molar-refractivity contribution in [2.75, 3.05) is 28.4 Å². The summed E-state index contributed by atoms with van der Waals surface area (Å²) in [4.78, 5) is 77.5. The number of benzene rings is 5. The van der Waals surface area contributed by atoms with Crippen LogP contribution in [0.15, 0.2) is 133 Å². The van der Waals surface area contributed by atoms with Crippen LogP contribution in [0.3, 0.4) is 0 Å². The maximum Gasteiger partial charge on any atom is 0.340 e. The van der Waals surface area contributed by atoms with Crippen molar-refractivity contribution in [3.63, 3.8) is 0 Å². The average molecular weight is 835 g/mol. The number of nitro benzene ring substituents is 2. The molecule has 5 aromatic carbocycles. The van der Waals surface area contributed by atoms with Gasteiger partial charge in [-0.3, -0.25) is 20.2 Å². The molecule has 0 amide bonds. The highest BCUT2D eigenvalue weighted by atomic mass is 16.6. The Labute approximate surface area is 352 Å². The first-order valence-electron chi connectivity index (χ1n) is 18.6. The predicted molar refractivity (Wildman–Crippen MR) is 226 cm³/mol. The first kappa shape index (κ1) is 41.5. The van der Waals surface area contributed by atoms with Gasteiger partial charge in [0.15, 0.2) is 0 Å². The normalized spacial score (nSPS) is 10.8. The molecule has 0 aliphatic heterocycles. The lowest BCUT2D eigenvalue weighted by Gasteiger charge is -2.18. The molecule has 7 rings (SSSR count). The number of non-ortho nitro benzene ring substituents is 2. The van der Waals surface area contributed by atoms with Crippen molar-refractivity contribution in [2.45, 2.75) is 0 Å². The largest absolute Gasteiger partial charge is 0.465 e. The molecular weight excluding hydrogens is 801 g/mol. The summed E-state index contributed by atoms with van der Waals surface area (Å²) >= 11 is 0. The minimum Gasteiger partial charge on any atom is -0.465 e. The highest BCUT2D eigenvalue weighted by molar-refractivity contribution is 6.14. The average Bonchev–Trinajstić information content (AvgIpc) is 3.86. The first-order chi connectivity index (χ1) is 29.9. The van der Waals surface area contributed by atoms with Crippen LogP contribution in [-0.4, -0.2) is 71.3 Å². The molecule has 0 fully saturated rings. The summed E-state index contributed by atoms with van der Waals surface area (Å²) in [5, 5.41) is 23.3. The number of esters is 4. The zero-order valence-electron chi connectivity index (χ0n) is 33.4. The molecule has 0 saturated heterocycles. The topological polar surface area (TPSA) is 201 Å². The third-order valence-electron chi connectivity index (χ3n) is 10.1. The fourth-order valence-corrected chi connectivity index (χ4v) is 7.38. The standard InChI is InChI=1S/C46H34N4O12/c1-59-43(51)35-37(45(53)61-3)41(29-15-19-33(20-16-29)49(55)56)47(39(35)27-11-7-5-8-12-27)31-23-25-32(26-24-31)48-40(28-13-9-6-10-14-28)36(44(52)60-2)38(46(54)62-4)42(48)30-17-21-34(22-18-30)50(57)58/h5-26H,1-4H3. The van der Waals surface area contributed by atoms with Gasteiger partial charge >= 0.3 is 23.9 Å². The number of carbonyl (C=O) groups is 4. The van der Waals surface area contributed by atoms with E-state index in [4.69, 9.17) is 18.9 Å². The van der Waals surface area contributed by atoms with Gasteiger partial charge in [-0.25, -0.2) is 19.2 Å². The Morgan fingerprint density at radius 1 is 0.387 bits per heavy atom. The van der Waals surface area contributed by atoms with Crippen LogP contribution in [-0.2, 0) is 18.9 Å². The molecular formula is C46H34N4O12. The van der Waals surface area contributed by atoms with Crippen LogP contribution >= 0.6 is 0 Å². The van der Waals surface area contributed by atoms with Crippen molar-refractivity contribution in [3.8, 4) is 56.4 Å². The minimum absolute atomic E-state index is 0.134. The zero-order valence-corrected chi connectivity index (χ0v) is 33.4. The summed E-state index contributed by atoms with van der Waals surface area (Å²) in [5.74, 6) is -3.49. The van der Waals surface area contributed by atoms with E-state index in [1.165, 1.54) is 62.8 Å². The quantitative estimate of drug-likeness (QED) is 0.0490. The van der Waals surface area contributed by atoms with Gasteiger partial charge in [-0.1, -0.05) is 60.7 Å². The molecule has 0 atom stereocenters. The van der Waals surface area contributed by atoms with Gasteiger partial charge in [0.2, 0.25) is 0 Å². The zero-order chi connectivity index (χ0) is 44.2. The molecule has 7 aromatic rings. The second kappa shape index (κ2) is 17.3. The Morgan fingerprint density at radius 3 is 0.855 bits per heavy atom. The van der Waals surface area contributed by atoms with Gasteiger partial charge in [-0.2, -0.15) is 0 Å². The Balaban J connectivity index is 1.60. The van der Waals surface area contributed by atoms with Gasteiger partial charge < -0.3 is 28.1 Å². The minimum atomic E-state index is -0.885. The SMILES string of the molecule is COC(=O)c1c(C(=O)OC)c(-c2ccc([N+](=O)[O-])cc2)n(-c2ccc(-n3c(-c4ccccc4)c(C(=O)OC)c(C(=O)OC)c3-c3ccc([N+](=O)[O-])cc3)cc2)c1-c1ccccc1. The number of hydrogen-bond acceptors (Lipinski definition) is 12. The number of ether oxygens (including phenoxy) is 4. The monoisotopic (exact) mass is 834 g/mol. The number of methoxy groups -OCH3 is 4. The maximum absolute atomic E-state index is 13.8. The number of rotatable bonds is 12. The maximum atomic E-state index is 13.8. The number of aromatic nitrogens is 2. The summed E-state index contributed by atoms with van der Waals surface area (Å²) in [6.45, 7) is 0. The van der Waals surface area contributed by atoms with E-state index in [-0.39, 0.29) is 56.4 Å². The van der Waals surface area contributed by atoms with Crippen LogP contribution in [0.5, 0.6) is 0 Å². The van der Waals surface area contributed by atoms with E-state index in [2.05, 4.69) is 0 Å². The van der Waals surface area contributed by atoms with Crippen LogP contribution in [0, 0.1) is 20.2 Å². The fraction of sp³-hybridized carbons (Fsp3) is 0.0870. The number of nitro groups is 2. The van der Waals surface area contributed by atoms with Crippen molar-refractivity contribution < 1.29 is 48.0 Å². The van der Waals surface area contributed by atoms with Crippen molar-refractivity contribution in [2.24, 2.45) is 0 Å². The van der Waals surface area contributed by atoms with Gasteiger partial charge in [0.05, 0.1) is 61.1 Å². The molecule has 0 bridgehead atoms. The molecule has 2 aromatic heterocycles. The molecule has 0 aliphatic rings. The highest BCUT2D eigenvalue weighted by Crippen LogP contribution is 2.44. The molecule has 16 heteroatoms. The molecule has 0 aliphatic carbocycles. The van der Waals surface area contributed by atoms with E-state index >= 15 is 0 Å². The van der Waals surface area contributed by atoms with Crippen LogP contribution < -0.4 is 0 Å². The van der Waals surface area contributed by atoms with Gasteiger partial charge in [-0.05, 0) is 70.8 Å². The molecule has 0 unspecified atom stereocenters. The van der Waals surface area contributed by atoms with Crippen molar-refractivity contribution >= 4 is 35.3 Å². The highest BCUT2D eigenvalue weighted by Gasteiger charge is 2.37. The third kappa shape index (κ3) is 7.32. The van der Waals surface area contributed by atoms with E-state index in [0.29, 0.717) is 33.6 Å². The van der Waals surface area contributed by atoms with E-state index in [9.17, 15) is 39.4 Å². The molecule has 0 N–H and O–H groups in total. The van der Waals surface area contributed by atoms with Crippen LogP contribution in [0.1, 0.15) is 41.4 Å². The number of hydrogen-bond donors (Lipinski definition) is 0. The summed E-state index contributed by atoms with van der Waals surface area (Å²) in [5.41, 5.74) is 2.13. The van der Waals surface area contributed by atoms with Crippen LogP contribution in [0.25, 0.3) is 56.4 Å². The van der Waals surface area contributed by atoms with Crippen LogP contribution in [0.2, 0.25) is 0 Å². The summed E-state index contributed by atoms with van der Waals surface area (Å²) < 4.78 is 24.2. The van der Waals surface area contributed by atoms with Crippen molar-refractivity contribution in [1.82, 2.24) is 9.13 Å². The second-order valence-electron chi connectivity index (χ2n) is 13.4. The van der Waals surface area contributed by atoms with Crippen LogP contribution in [0.4, 0.5) is 11.4 Å². The smallest absolute Gasteiger partial charge is 0.340 e. The van der Waals surface area contributed by atoms with E-state index in [1.54, 1.807) is 94.1 Å². The Kier molecular flexibility index (Phi) is 11.6. The van der Waals surface area contributed by atoms with Gasteiger partial charge in [0, 0.05) is 35.6 Å². The second-order valence-corrected chi connectivity index (χ2v) is 13.4. The Morgan fingerprint density at radius 2 is 0.629 bits per heavy atom. The van der Waals surface area contributed by atoms with Gasteiger partial charge in [0.1, 0.15) is 22.3 Å².